The number of hydrogen-bond acceptors (Lipinski definition) is 3. The van der Waals surface area contributed by atoms with Crippen molar-refractivity contribution < 1.29 is 0 Å². The molecule has 0 amide bonds. The van der Waals surface area contributed by atoms with Gasteiger partial charge in [0.25, 0.3) is 0 Å². The lowest BCUT2D eigenvalue weighted by Crippen LogP contribution is -2.30. The van der Waals surface area contributed by atoms with Crippen molar-refractivity contribution in [2.45, 2.75) is 38.6 Å². The lowest BCUT2D eigenvalue weighted by Gasteiger charge is -2.30. The summed E-state index contributed by atoms with van der Waals surface area (Å²) in [5.41, 5.74) is 10.5. The van der Waals surface area contributed by atoms with Crippen molar-refractivity contribution >= 4 is 40.4 Å². The Morgan fingerprint density at radius 1 is 1.19 bits per heavy atom. The van der Waals surface area contributed by atoms with Gasteiger partial charge in [-0.3, -0.25) is 0 Å². The number of benzene rings is 2. The number of nitrogens with two attached hydrogens (primary N) is 1. The number of nitrogens with one attached hydrogen (secondary N) is 1. The van der Waals surface area contributed by atoms with E-state index in [0.29, 0.717) is 24.3 Å². The Morgan fingerprint density at radius 2 is 2.04 bits per heavy atom. The maximum absolute atomic E-state index is 6.61. The quantitative estimate of drug-likeness (QED) is 0.662. The Morgan fingerprint density at radius 3 is 2.81 bits per heavy atom. The topological polar surface area (TPSA) is 50.4 Å². The molecule has 3 unspecified atom stereocenters. The molecule has 136 valence electrons. The molecule has 3 N–H and O–H groups in total. The monoisotopic (exact) mass is 387 g/mol. The molecule has 1 saturated carbocycles. The first-order valence-electron chi connectivity index (χ1n) is 9.22. The zero-order valence-corrected chi connectivity index (χ0v) is 16.3. The van der Waals surface area contributed by atoms with Gasteiger partial charge in [-0.2, -0.15) is 0 Å². The minimum Gasteiger partial charge on any atom is -0.387 e. The van der Waals surface area contributed by atoms with Gasteiger partial charge in [-0.15, -0.1) is 0 Å². The average molecular weight is 388 g/mol. The third-order valence-corrected chi connectivity index (χ3v) is 6.34. The van der Waals surface area contributed by atoms with E-state index in [-0.39, 0.29) is 0 Å². The molecule has 0 radical (unpaired) electrons. The van der Waals surface area contributed by atoms with Crippen molar-refractivity contribution in [1.29, 1.82) is 0 Å². The van der Waals surface area contributed by atoms with E-state index in [9.17, 15) is 0 Å². The van der Waals surface area contributed by atoms with Crippen LogP contribution in [-0.4, -0.2) is 5.84 Å². The van der Waals surface area contributed by atoms with Gasteiger partial charge in [0.1, 0.15) is 5.84 Å². The third kappa shape index (κ3) is 3.19. The molecule has 5 heteroatoms. The summed E-state index contributed by atoms with van der Waals surface area (Å²) >= 11 is 12.7. The summed E-state index contributed by atoms with van der Waals surface area (Å²) in [7, 11) is 0. The minimum absolute atomic E-state index is 0.369. The molecule has 0 bridgehead atoms. The predicted molar refractivity (Wildman–Crippen MR) is 111 cm³/mol. The van der Waals surface area contributed by atoms with Crippen LogP contribution in [0.3, 0.4) is 0 Å². The van der Waals surface area contributed by atoms with E-state index in [2.05, 4.69) is 18.3 Å². The molecule has 26 heavy (non-hydrogen) atoms. The van der Waals surface area contributed by atoms with Crippen molar-refractivity contribution in [2.75, 3.05) is 5.32 Å². The second-order valence-corrected chi connectivity index (χ2v) is 8.13. The Balaban J connectivity index is 1.63. The van der Waals surface area contributed by atoms with E-state index < -0.39 is 0 Å². The van der Waals surface area contributed by atoms with Gasteiger partial charge < -0.3 is 11.1 Å². The van der Waals surface area contributed by atoms with E-state index >= 15 is 0 Å². The first-order chi connectivity index (χ1) is 12.6. The van der Waals surface area contributed by atoms with Crippen molar-refractivity contribution in [3.63, 3.8) is 0 Å². The molecule has 3 nitrogen and oxygen atoms in total. The van der Waals surface area contributed by atoms with Crippen LogP contribution in [-0.2, 0) is 6.54 Å². The SMILES string of the molecule is CCC1CCC2C(N)=Nc3cc(NCc4cccc(Cl)c4)c(Cl)cc3C12. The molecule has 2 aliphatic rings. The summed E-state index contributed by atoms with van der Waals surface area (Å²) in [4.78, 5) is 4.70. The normalized spacial score (nSPS) is 24.0. The van der Waals surface area contributed by atoms with Gasteiger partial charge in [-0.1, -0.05) is 48.7 Å². The van der Waals surface area contributed by atoms with Crippen LogP contribution in [0, 0.1) is 11.8 Å². The molecule has 1 heterocycles. The Labute approximate surface area is 164 Å². The molecule has 1 aliphatic heterocycles. The van der Waals surface area contributed by atoms with Crippen LogP contribution in [0.2, 0.25) is 10.0 Å². The number of amidine groups is 1. The molecule has 3 atom stereocenters. The Kier molecular flexibility index (Phi) is 4.85. The summed E-state index contributed by atoms with van der Waals surface area (Å²) in [6.07, 6.45) is 3.51. The first-order valence-corrected chi connectivity index (χ1v) is 9.98. The highest BCUT2D eigenvalue weighted by atomic mass is 35.5. The van der Waals surface area contributed by atoms with Gasteiger partial charge in [0.05, 0.1) is 16.4 Å². The maximum Gasteiger partial charge on any atom is 0.103 e. The second kappa shape index (κ2) is 7.13. The van der Waals surface area contributed by atoms with Gasteiger partial charge in [-0.25, -0.2) is 4.99 Å². The van der Waals surface area contributed by atoms with Gasteiger partial charge >= 0.3 is 0 Å². The van der Waals surface area contributed by atoms with Gasteiger partial charge in [0, 0.05) is 17.5 Å². The van der Waals surface area contributed by atoms with Gasteiger partial charge in [0.15, 0.2) is 0 Å². The van der Waals surface area contributed by atoms with Gasteiger partial charge in [0.2, 0.25) is 0 Å². The molecule has 0 saturated heterocycles. The van der Waals surface area contributed by atoms with Crippen molar-refractivity contribution in [3.05, 3.63) is 57.6 Å². The molecular weight excluding hydrogens is 365 g/mol. The van der Waals surface area contributed by atoms with Crippen molar-refractivity contribution in [3.8, 4) is 0 Å². The largest absolute Gasteiger partial charge is 0.387 e. The number of anilines is 1. The maximum atomic E-state index is 6.61. The number of halogens is 2. The molecular formula is C21H23Cl2N3. The fraction of sp³-hybridized carbons (Fsp3) is 0.381. The molecule has 1 fully saturated rings. The molecule has 4 rings (SSSR count). The number of rotatable bonds is 4. The van der Waals surface area contributed by atoms with E-state index in [1.54, 1.807) is 0 Å². The van der Waals surface area contributed by atoms with Crippen molar-refractivity contribution in [1.82, 2.24) is 0 Å². The van der Waals surface area contributed by atoms with Crippen molar-refractivity contribution in [2.24, 2.45) is 22.6 Å². The lowest BCUT2D eigenvalue weighted by molar-refractivity contribution is 0.446. The fourth-order valence-electron chi connectivity index (χ4n) is 4.48. The van der Waals surface area contributed by atoms with Crippen LogP contribution < -0.4 is 11.1 Å². The van der Waals surface area contributed by atoms with Crippen LogP contribution in [0.4, 0.5) is 11.4 Å². The second-order valence-electron chi connectivity index (χ2n) is 7.29. The number of nitrogens with zero attached hydrogens (tertiary/aromatic N) is 1. The smallest absolute Gasteiger partial charge is 0.103 e. The Bertz CT molecular complexity index is 862. The summed E-state index contributed by atoms with van der Waals surface area (Å²) in [5, 5.41) is 4.88. The van der Waals surface area contributed by atoms with Crippen LogP contribution in [0.25, 0.3) is 0 Å². The highest BCUT2D eigenvalue weighted by molar-refractivity contribution is 6.33. The minimum atomic E-state index is 0.369. The van der Waals surface area contributed by atoms with Crippen LogP contribution in [0.1, 0.15) is 43.2 Å². The summed E-state index contributed by atoms with van der Waals surface area (Å²) < 4.78 is 0. The average Bonchev–Trinajstić information content (AvgIpc) is 3.06. The number of fused-ring (bicyclic) bond motifs is 3. The fourth-order valence-corrected chi connectivity index (χ4v) is 4.94. The van der Waals surface area contributed by atoms with Gasteiger partial charge in [-0.05, 0) is 60.1 Å². The predicted octanol–water partition coefficient (Wildman–Crippen LogP) is 6.13. The van der Waals surface area contributed by atoms with Crippen LogP contribution in [0.15, 0.2) is 41.4 Å². The van der Waals surface area contributed by atoms with E-state index in [0.717, 1.165) is 39.2 Å². The molecule has 1 aliphatic carbocycles. The summed E-state index contributed by atoms with van der Waals surface area (Å²) in [6.45, 7) is 2.92. The highest BCUT2D eigenvalue weighted by Gasteiger charge is 2.41. The molecule has 2 aromatic carbocycles. The highest BCUT2D eigenvalue weighted by Crippen LogP contribution is 2.52. The molecule has 0 aromatic heterocycles. The molecule has 2 aromatic rings. The van der Waals surface area contributed by atoms with Crippen LogP contribution >= 0.6 is 23.2 Å². The van der Waals surface area contributed by atoms with E-state index in [4.69, 9.17) is 33.9 Å². The first kappa shape index (κ1) is 17.7. The summed E-state index contributed by atoms with van der Waals surface area (Å²) in [5.74, 6) is 2.26. The number of aliphatic imine (C=N–C) groups is 1. The zero-order valence-electron chi connectivity index (χ0n) is 14.8. The Hall–Kier alpha value is -1.71. The third-order valence-electron chi connectivity index (χ3n) is 5.79. The van der Waals surface area contributed by atoms with Crippen LogP contribution in [0.5, 0.6) is 0 Å². The summed E-state index contributed by atoms with van der Waals surface area (Å²) in [6, 6.07) is 11.9. The molecule has 0 spiro atoms. The van der Waals surface area contributed by atoms with E-state index in [1.807, 2.05) is 30.3 Å². The standard InChI is InChI=1S/C21H23Cl2N3/c1-2-13-6-7-15-20(13)16-9-17(23)19(10-18(16)26-21(15)24)25-11-12-4-3-5-14(22)8-12/h3-5,8-10,13,15,20,25H,2,6-7,11H2,1H3,(H2,24,26). The lowest BCUT2D eigenvalue weighted by atomic mass is 9.79. The number of hydrogen-bond donors (Lipinski definition) is 2. The zero-order chi connectivity index (χ0) is 18.3. The van der Waals surface area contributed by atoms with E-state index in [1.165, 1.54) is 18.4 Å².